The van der Waals surface area contributed by atoms with Gasteiger partial charge in [-0.25, -0.2) is 0 Å². The van der Waals surface area contributed by atoms with Crippen LogP contribution in [-0.2, 0) is 4.79 Å². The number of nitrogens with zero attached hydrogens (tertiary/aromatic N) is 2. The zero-order chi connectivity index (χ0) is 12.3. The molecule has 4 heteroatoms. The predicted octanol–water partition coefficient (Wildman–Crippen LogP) is 1.05. The third-order valence-corrected chi connectivity index (χ3v) is 3.21. The molecule has 0 bridgehead atoms. The van der Waals surface area contributed by atoms with Gasteiger partial charge >= 0.3 is 0 Å². The molecule has 17 heavy (non-hydrogen) atoms. The van der Waals surface area contributed by atoms with Crippen LogP contribution >= 0.6 is 0 Å². The summed E-state index contributed by atoms with van der Waals surface area (Å²) in [5.41, 5.74) is 7.42. The quantitative estimate of drug-likeness (QED) is 0.849. The van der Waals surface area contributed by atoms with E-state index in [1.165, 1.54) is 0 Å². The van der Waals surface area contributed by atoms with Crippen molar-refractivity contribution in [3.8, 4) is 0 Å². The van der Waals surface area contributed by atoms with Gasteiger partial charge in [-0.05, 0) is 38.4 Å². The molecule has 2 N–H and O–H groups in total. The Hall–Kier alpha value is -1.42. The van der Waals surface area contributed by atoms with E-state index in [-0.39, 0.29) is 5.91 Å². The predicted molar refractivity (Wildman–Crippen MR) is 66.6 cm³/mol. The summed E-state index contributed by atoms with van der Waals surface area (Å²) in [5.74, 6) is 0.186. The third-order valence-electron chi connectivity index (χ3n) is 3.21. The van der Waals surface area contributed by atoms with Gasteiger partial charge < -0.3 is 5.73 Å². The van der Waals surface area contributed by atoms with Gasteiger partial charge in [-0.1, -0.05) is 6.07 Å². The number of aryl methyl sites for hydroxylation is 1. The minimum absolute atomic E-state index is 0.247. The number of carbonyl (C=O) groups excluding carboxylic acids is 1. The van der Waals surface area contributed by atoms with Crippen LogP contribution in [0.25, 0.3) is 0 Å². The topological polar surface area (TPSA) is 59.2 Å². The van der Waals surface area contributed by atoms with E-state index in [1.807, 2.05) is 19.1 Å². The molecule has 0 aromatic carbocycles. The molecule has 1 aromatic heterocycles. The molecule has 0 aliphatic carbocycles. The van der Waals surface area contributed by atoms with E-state index in [2.05, 4.69) is 16.0 Å². The largest absolute Gasteiger partial charge is 0.369 e. The highest BCUT2D eigenvalue weighted by molar-refractivity contribution is 5.75. The number of carbonyl (C=O) groups is 1. The lowest BCUT2D eigenvalue weighted by atomic mass is 9.94. The first-order valence-electron chi connectivity index (χ1n) is 6.09. The van der Waals surface area contributed by atoms with Crippen molar-refractivity contribution in [1.29, 1.82) is 0 Å². The van der Waals surface area contributed by atoms with Crippen molar-refractivity contribution in [2.24, 2.45) is 5.73 Å². The van der Waals surface area contributed by atoms with Crippen molar-refractivity contribution in [3.63, 3.8) is 0 Å². The van der Waals surface area contributed by atoms with Crippen molar-refractivity contribution in [2.45, 2.75) is 25.7 Å². The van der Waals surface area contributed by atoms with Crippen LogP contribution in [0.2, 0.25) is 0 Å². The number of hydrogen-bond donors (Lipinski definition) is 1. The molecule has 2 heterocycles. The molecule has 1 aliphatic heterocycles. The Kier molecular flexibility index (Phi) is 3.74. The minimum Gasteiger partial charge on any atom is -0.369 e. The van der Waals surface area contributed by atoms with Crippen LogP contribution in [0.3, 0.4) is 0 Å². The molecular weight excluding hydrogens is 214 g/mol. The molecular formula is C13H19N3O. The Labute approximate surface area is 102 Å². The number of primary amides is 1. The summed E-state index contributed by atoms with van der Waals surface area (Å²) in [6, 6.07) is 6.13. The summed E-state index contributed by atoms with van der Waals surface area (Å²) >= 11 is 0. The summed E-state index contributed by atoms with van der Waals surface area (Å²) in [5, 5.41) is 0. The summed E-state index contributed by atoms with van der Waals surface area (Å²) in [4.78, 5) is 17.6. The average Bonchev–Trinajstić information content (AvgIpc) is 2.28. The van der Waals surface area contributed by atoms with E-state index in [0.29, 0.717) is 12.5 Å². The zero-order valence-electron chi connectivity index (χ0n) is 10.2. The van der Waals surface area contributed by atoms with Crippen molar-refractivity contribution >= 4 is 5.91 Å². The second-order valence-electron chi connectivity index (χ2n) is 4.74. The standard InChI is InChI=1S/C13H19N3O/c1-10-4-2-6-12(15-10)11-5-3-7-16(8-11)9-13(14)17/h2,4,6,11H,3,5,7-9H2,1H3,(H2,14,17). The van der Waals surface area contributed by atoms with Crippen LogP contribution in [0.4, 0.5) is 0 Å². The normalized spacial score (nSPS) is 21.4. The number of amides is 1. The first-order valence-corrected chi connectivity index (χ1v) is 6.09. The fourth-order valence-corrected chi connectivity index (χ4v) is 2.45. The molecule has 1 aromatic rings. The van der Waals surface area contributed by atoms with Crippen LogP contribution in [0.1, 0.15) is 30.1 Å². The van der Waals surface area contributed by atoms with Gasteiger partial charge in [0.2, 0.25) is 5.91 Å². The van der Waals surface area contributed by atoms with Crippen molar-refractivity contribution < 1.29 is 4.79 Å². The van der Waals surface area contributed by atoms with Crippen molar-refractivity contribution in [2.75, 3.05) is 19.6 Å². The van der Waals surface area contributed by atoms with Gasteiger partial charge in [-0.15, -0.1) is 0 Å². The summed E-state index contributed by atoms with van der Waals surface area (Å²) in [6.07, 6.45) is 2.25. The fraction of sp³-hybridized carbons (Fsp3) is 0.538. The number of nitrogens with two attached hydrogens (primary N) is 1. The second-order valence-corrected chi connectivity index (χ2v) is 4.74. The first kappa shape index (κ1) is 12.0. The Balaban J connectivity index is 2.04. The van der Waals surface area contributed by atoms with Gasteiger partial charge in [0.05, 0.1) is 6.54 Å². The van der Waals surface area contributed by atoms with Crippen LogP contribution in [0, 0.1) is 6.92 Å². The maximum Gasteiger partial charge on any atom is 0.231 e. The lowest BCUT2D eigenvalue weighted by molar-refractivity contribution is -0.119. The Morgan fingerprint density at radius 1 is 1.59 bits per heavy atom. The van der Waals surface area contributed by atoms with Gasteiger partial charge in [-0.3, -0.25) is 14.7 Å². The van der Waals surface area contributed by atoms with Gasteiger partial charge in [0.15, 0.2) is 0 Å². The molecule has 4 nitrogen and oxygen atoms in total. The molecule has 0 saturated carbocycles. The average molecular weight is 233 g/mol. The van der Waals surface area contributed by atoms with E-state index in [4.69, 9.17) is 5.73 Å². The van der Waals surface area contributed by atoms with Crippen molar-refractivity contribution in [1.82, 2.24) is 9.88 Å². The molecule has 0 spiro atoms. The maximum atomic E-state index is 10.9. The van der Waals surface area contributed by atoms with E-state index in [1.54, 1.807) is 0 Å². The Morgan fingerprint density at radius 2 is 2.41 bits per heavy atom. The van der Waals surface area contributed by atoms with Gasteiger partial charge in [0, 0.05) is 23.9 Å². The first-order chi connectivity index (χ1) is 8.15. The van der Waals surface area contributed by atoms with E-state index < -0.39 is 0 Å². The third kappa shape index (κ3) is 3.27. The van der Waals surface area contributed by atoms with Crippen LogP contribution < -0.4 is 5.73 Å². The maximum absolute atomic E-state index is 10.9. The monoisotopic (exact) mass is 233 g/mol. The molecule has 1 atom stereocenters. The number of pyridine rings is 1. The number of likely N-dealkylation sites (tertiary alicyclic amines) is 1. The SMILES string of the molecule is Cc1cccc(C2CCCN(CC(N)=O)C2)n1. The molecule has 1 saturated heterocycles. The van der Waals surface area contributed by atoms with Gasteiger partial charge in [0.1, 0.15) is 0 Å². The van der Waals surface area contributed by atoms with Crippen LogP contribution in [-0.4, -0.2) is 35.4 Å². The highest BCUT2D eigenvalue weighted by atomic mass is 16.1. The van der Waals surface area contributed by atoms with Crippen LogP contribution in [0.5, 0.6) is 0 Å². The van der Waals surface area contributed by atoms with Gasteiger partial charge in [-0.2, -0.15) is 0 Å². The molecule has 0 radical (unpaired) electrons. The molecule has 2 rings (SSSR count). The van der Waals surface area contributed by atoms with Crippen molar-refractivity contribution in [3.05, 3.63) is 29.6 Å². The summed E-state index contributed by atoms with van der Waals surface area (Å²) < 4.78 is 0. The summed E-state index contributed by atoms with van der Waals surface area (Å²) in [7, 11) is 0. The fourth-order valence-electron chi connectivity index (χ4n) is 2.45. The van der Waals surface area contributed by atoms with E-state index in [0.717, 1.165) is 37.3 Å². The zero-order valence-corrected chi connectivity index (χ0v) is 10.2. The van der Waals surface area contributed by atoms with E-state index in [9.17, 15) is 4.79 Å². The molecule has 1 amide bonds. The number of aromatic nitrogens is 1. The Morgan fingerprint density at radius 3 is 3.12 bits per heavy atom. The lowest BCUT2D eigenvalue weighted by Crippen LogP contribution is -2.40. The van der Waals surface area contributed by atoms with Crippen LogP contribution in [0.15, 0.2) is 18.2 Å². The number of piperidine rings is 1. The smallest absolute Gasteiger partial charge is 0.231 e. The lowest BCUT2D eigenvalue weighted by Gasteiger charge is -2.31. The van der Waals surface area contributed by atoms with Gasteiger partial charge in [0.25, 0.3) is 0 Å². The highest BCUT2D eigenvalue weighted by Gasteiger charge is 2.22. The molecule has 1 fully saturated rings. The molecule has 1 unspecified atom stereocenters. The second kappa shape index (κ2) is 5.27. The van der Waals surface area contributed by atoms with E-state index >= 15 is 0 Å². The summed E-state index contributed by atoms with van der Waals surface area (Å²) in [6.45, 7) is 4.22. The minimum atomic E-state index is -0.247. The Bertz CT molecular complexity index is 405. The number of hydrogen-bond acceptors (Lipinski definition) is 3. The molecule has 92 valence electrons. The number of rotatable bonds is 3. The molecule has 1 aliphatic rings. The highest BCUT2D eigenvalue weighted by Crippen LogP contribution is 2.25.